The van der Waals surface area contributed by atoms with Gasteiger partial charge < -0.3 is 23.3 Å². The van der Waals surface area contributed by atoms with Gasteiger partial charge in [-0.15, -0.1) is 0 Å². The van der Waals surface area contributed by atoms with Crippen molar-refractivity contribution >= 4 is 21.9 Å². The second-order valence-electron chi connectivity index (χ2n) is 8.49. The molecule has 0 aromatic carbocycles. The Balaban J connectivity index is 5.30. The number of rotatable bonds is 13. The van der Waals surface area contributed by atoms with E-state index in [-0.39, 0.29) is 43.8 Å². The van der Waals surface area contributed by atoms with Gasteiger partial charge in [0.15, 0.2) is 14.0 Å². The molecular weight excluding hydrogens is 399 g/mol. The Morgan fingerprint density at radius 1 is 1.07 bits per heavy atom. The summed E-state index contributed by atoms with van der Waals surface area (Å²) in [7, 11) is -5.71. The molecule has 0 fully saturated rings. The van der Waals surface area contributed by atoms with Gasteiger partial charge in [0.1, 0.15) is 0 Å². The fourth-order valence-electron chi connectivity index (χ4n) is 2.35. The van der Waals surface area contributed by atoms with E-state index in [0.29, 0.717) is 0 Å². The van der Waals surface area contributed by atoms with Crippen LogP contribution in [0.4, 0.5) is 0 Å². The maximum atomic E-state index is 13.2. The Kier molecular flexibility index (Phi) is 11.7. The number of carbonyl (C=O) groups excluding carboxylic acids is 1. The lowest BCUT2D eigenvalue weighted by Crippen LogP contribution is -2.43. The van der Waals surface area contributed by atoms with Crippen LogP contribution in [0.1, 0.15) is 54.9 Å². The van der Waals surface area contributed by atoms with Gasteiger partial charge in [0, 0.05) is 0 Å². The van der Waals surface area contributed by atoms with Crippen LogP contribution in [-0.4, -0.2) is 57.6 Å². The molecule has 0 aliphatic carbocycles. The third-order valence-electron chi connectivity index (χ3n) is 5.23. The predicted octanol–water partition coefficient (Wildman–Crippen LogP) is 4.59. The number of hydrogen-bond donors (Lipinski definition) is 1. The SMILES string of the molecule is CCOC(=O)[C@@H](C[C@H](C)[C@H](O)CO[Si](C)(C)C(C)(C)C)P(=O)(OCC)OCC. The first-order valence-corrected chi connectivity index (χ1v) is 14.6. The van der Waals surface area contributed by atoms with Crippen LogP contribution in [0.2, 0.25) is 18.1 Å². The van der Waals surface area contributed by atoms with E-state index in [1.807, 2.05) is 0 Å². The molecule has 0 aromatic heterocycles. The standard InChI is InChI=1S/C19H41O7PSi/c1-10-23-18(21)17(27(22,24-11-2)25-12-3)13-15(4)16(20)14-26-28(8,9)19(5,6)7/h15-17,20H,10-14H2,1-9H3/t15-,16+,17+/m0/s1. The van der Waals surface area contributed by atoms with Crippen molar-refractivity contribution in [3.05, 3.63) is 0 Å². The molecule has 0 saturated carbocycles. The second-order valence-corrected chi connectivity index (χ2v) is 15.5. The molecule has 0 aromatic rings. The summed E-state index contributed by atoms with van der Waals surface area (Å²) in [5.74, 6) is -0.981. The maximum Gasteiger partial charge on any atom is 0.344 e. The minimum atomic E-state index is -3.70. The molecule has 9 heteroatoms. The summed E-state index contributed by atoms with van der Waals surface area (Å²) >= 11 is 0. The van der Waals surface area contributed by atoms with E-state index in [9.17, 15) is 14.5 Å². The molecular formula is C19H41O7PSi. The van der Waals surface area contributed by atoms with Gasteiger partial charge >= 0.3 is 13.6 Å². The Morgan fingerprint density at radius 2 is 1.57 bits per heavy atom. The number of hydrogen-bond acceptors (Lipinski definition) is 7. The summed E-state index contributed by atoms with van der Waals surface area (Å²) in [6, 6.07) is 0. The molecule has 0 amide bonds. The van der Waals surface area contributed by atoms with Crippen LogP contribution in [0.5, 0.6) is 0 Å². The van der Waals surface area contributed by atoms with Crippen LogP contribution in [0.25, 0.3) is 0 Å². The summed E-state index contributed by atoms with van der Waals surface area (Å²) in [6.45, 7) is 18.1. The molecule has 0 rings (SSSR count). The molecule has 1 N–H and O–H groups in total. The molecule has 0 aliphatic heterocycles. The van der Waals surface area contributed by atoms with Gasteiger partial charge in [-0.3, -0.25) is 9.36 Å². The highest BCUT2D eigenvalue weighted by atomic mass is 31.2. The summed E-state index contributed by atoms with van der Waals surface area (Å²) in [6.07, 6.45) is -0.680. The zero-order valence-corrected chi connectivity index (χ0v) is 21.0. The summed E-state index contributed by atoms with van der Waals surface area (Å²) in [5.41, 5.74) is -1.08. The molecule has 28 heavy (non-hydrogen) atoms. The van der Waals surface area contributed by atoms with Crippen LogP contribution in [0, 0.1) is 5.92 Å². The molecule has 3 atom stereocenters. The largest absolute Gasteiger partial charge is 0.465 e. The lowest BCUT2D eigenvalue weighted by atomic mass is 9.99. The quantitative estimate of drug-likeness (QED) is 0.254. The minimum Gasteiger partial charge on any atom is -0.465 e. The fourth-order valence-corrected chi connectivity index (χ4v) is 5.45. The van der Waals surface area contributed by atoms with E-state index in [1.54, 1.807) is 27.7 Å². The van der Waals surface area contributed by atoms with Crippen molar-refractivity contribution in [1.29, 1.82) is 0 Å². The first kappa shape index (κ1) is 27.8. The topological polar surface area (TPSA) is 91.3 Å². The second kappa shape index (κ2) is 11.8. The van der Waals surface area contributed by atoms with Gasteiger partial charge in [0.2, 0.25) is 0 Å². The first-order chi connectivity index (χ1) is 12.8. The van der Waals surface area contributed by atoms with E-state index < -0.39 is 33.6 Å². The van der Waals surface area contributed by atoms with Crippen LogP contribution in [0.15, 0.2) is 0 Å². The molecule has 0 bridgehead atoms. The monoisotopic (exact) mass is 440 g/mol. The first-order valence-electron chi connectivity index (χ1n) is 10.1. The van der Waals surface area contributed by atoms with E-state index >= 15 is 0 Å². The highest BCUT2D eigenvalue weighted by Crippen LogP contribution is 2.55. The zero-order chi connectivity index (χ0) is 22.2. The molecule has 0 heterocycles. The van der Waals surface area contributed by atoms with Crippen LogP contribution < -0.4 is 0 Å². The lowest BCUT2D eigenvalue weighted by molar-refractivity contribution is -0.143. The van der Waals surface area contributed by atoms with Crippen molar-refractivity contribution in [2.75, 3.05) is 26.4 Å². The van der Waals surface area contributed by atoms with Gasteiger partial charge in [0.25, 0.3) is 0 Å². The van der Waals surface area contributed by atoms with Crippen molar-refractivity contribution in [2.45, 2.75) is 84.8 Å². The Hall–Kier alpha value is -0.243. The third kappa shape index (κ3) is 8.25. The van der Waals surface area contributed by atoms with Crippen molar-refractivity contribution in [3.8, 4) is 0 Å². The molecule has 0 aliphatic rings. The summed E-state index contributed by atoms with van der Waals surface area (Å²) in [5, 5.41) is 10.6. The van der Waals surface area contributed by atoms with Crippen LogP contribution in [-0.2, 0) is 27.6 Å². The van der Waals surface area contributed by atoms with Gasteiger partial charge in [-0.05, 0) is 51.2 Å². The number of esters is 1. The number of ether oxygens (including phenoxy) is 1. The zero-order valence-electron chi connectivity index (χ0n) is 19.1. The van der Waals surface area contributed by atoms with Gasteiger partial charge in [-0.1, -0.05) is 27.7 Å². The number of carbonyl (C=O) groups is 1. The van der Waals surface area contributed by atoms with Gasteiger partial charge in [-0.25, -0.2) is 0 Å². The minimum absolute atomic E-state index is 0.0308. The van der Waals surface area contributed by atoms with E-state index in [4.69, 9.17) is 18.2 Å². The van der Waals surface area contributed by atoms with Gasteiger partial charge in [0.05, 0.1) is 32.5 Å². The predicted molar refractivity (Wildman–Crippen MR) is 114 cm³/mol. The van der Waals surface area contributed by atoms with Crippen molar-refractivity contribution < 1.29 is 32.7 Å². The van der Waals surface area contributed by atoms with Gasteiger partial charge in [-0.2, -0.15) is 0 Å². The Bertz CT molecular complexity index is 509. The smallest absolute Gasteiger partial charge is 0.344 e. The fraction of sp³-hybridized carbons (Fsp3) is 0.947. The molecule has 0 saturated heterocycles. The highest BCUT2D eigenvalue weighted by molar-refractivity contribution is 7.55. The lowest BCUT2D eigenvalue weighted by Gasteiger charge is -2.37. The normalized spacial score (nSPS) is 16.5. The van der Waals surface area contributed by atoms with E-state index in [0.717, 1.165) is 0 Å². The van der Waals surface area contributed by atoms with Crippen LogP contribution in [0.3, 0.4) is 0 Å². The summed E-state index contributed by atoms with van der Waals surface area (Å²) in [4.78, 5) is 12.5. The maximum absolute atomic E-state index is 13.2. The summed E-state index contributed by atoms with van der Waals surface area (Å²) < 4.78 is 35.1. The Morgan fingerprint density at radius 3 is 1.96 bits per heavy atom. The van der Waals surface area contributed by atoms with Crippen LogP contribution >= 0.6 is 7.60 Å². The average molecular weight is 441 g/mol. The molecule has 168 valence electrons. The molecule has 0 unspecified atom stereocenters. The third-order valence-corrected chi connectivity index (χ3v) is 12.2. The molecule has 0 spiro atoms. The number of aliphatic hydroxyl groups excluding tert-OH is 1. The molecule has 0 radical (unpaired) electrons. The number of aliphatic hydroxyl groups is 1. The molecule has 7 nitrogen and oxygen atoms in total. The highest BCUT2D eigenvalue weighted by Gasteiger charge is 2.44. The van der Waals surface area contributed by atoms with Crippen molar-refractivity contribution in [1.82, 2.24) is 0 Å². The van der Waals surface area contributed by atoms with E-state index in [1.165, 1.54) is 0 Å². The Labute approximate surface area is 172 Å². The van der Waals surface area contributed by atoms with Crippen molar-refractivity contribution in [2.24, 2.45) is 5.92 Å². The van der Waals surface area contributed by atoms with Crippen molar-refractivity contribution in [3.63, 3.8) is 0 Å². The average Bonchev–Trinajstić information content (AvgIpc) is 2.56. The van der Waals surface area contributed by atoms with E-state index in [2.05, 4.69) is 33.9 Å².